The molecule has 1 heterocycles. The first-order valence-corrected chi connectivity index (χ1v) is 7.29. The van der Waals surface area contributed by atoms with Crippen molar-refractivity contribution < 1.29 is 22.4 Å². The zero-order valence-electron chi connectivity index (χ0n) is 11.5. The Bertz CT molecular complexity index is 658. The predicted octanol–water partition coefficient (Wildman–Crippen LogP) is 3.38. The summed E-state index contributed by atoms with van der Waals surface area (Å²) < 4.78 is 42.9. The summed E-state index contributed by atoms with van der Waals surface area (Å²) in [6, 6.07) is 4.44. The minimum atomic E-state index is -4.45. The van der Waals surface area contributed by atoms with E-state index in [9.17, 15) is 18.0 Å². The molecule has 0 aliphatic rings. The Balaban J connectivity index is 1.92. The molecule has 1 aromatic heterocycles. The molecule has 0 saturated carbocycles. The van der Waals surface area contributed by atoms with Crippen molar-refractivity contribution in [2.24, 2.45) is 0 Å². The second-order valence-corrected chi connectivity index (χ2v) is 5.16. The van der Waals surface area contributed by atoms with E-state index in [-0.39, 0.29) is 16.7 Å². The van der Waals surface area contributed by atoms with Gasteiger partial charge in [-0.3, -0.25) is 4.79 Å². The fourth-order valence-corrected chi connectivity index (χ4v) is 2.12. The Morgan fingerprint density at radius 2 is 2.14 bits per heavy atom. The van der Waals surface area contributed by atoms with Crippen molar-refractivity contribution in [3.05, 3.63) is 35.7 Å². The predicted molar refractivity (Wildman–Crippen MR) is 74.5 cm³/mol. The second-order valence-electron chi connectivity index (χ2n) is 4.23. The smallest absolute Gasteiger partial charge is 0.416 e. The normalized spacial score (nSPS) is 11.5. The zero-order valence-corrected chi connectivity index (χ0v) is 12.3. The fraction of sp³-hybridized carbons (Fsp3) is 0.308. The summed E-state index contributed by atoms with van der Waals surface area (Å²) in [4.78, 5) is 11.7. The first-order valence-electron chi connectivity index (χ1n) is 6.30. The van der Waals surface area contributed by atoms with Crippen molar-refractivity contribution in [2.45, 2.75) is 24.7 Å². The number of halogens is 3. The van der Waals surface area contributed by atoms with E-state index in [4.69, 9.17) is 4.42 Å². The summed E-state index contributed by atoms with van der Waals surface area (Å²) in [5.74, 6) is -0.0388. The van der Waals surface area contributed by atoms with Crippen LogP contribution in [-0.2, 0) is 17.4 Å². The third-order valence-corrected chi connectivity index (χ3v) is 3.37. The lowest BCUT2D eigenvalue weighted by Crippen LogP contribution is -2.15. The Morgan fingerprint density at radius 3 is 2.77 bits per heavy atom. The number of alkyl halides is 3. The third kappa shape index (κ3) is 4.48. The molecule has 118 valence electrons. The van der Waals surface area contributed by atoms with E-state index in [0.717, 1.165) is 23.9 Å². The molecule has 0 radical (unpaired) electrons. The van der Waals surface area contributed by atoms with Gasteiger partial charge >= 0.3 is 6.18 Å². The molecule has 0 spiro atoms. The van der Waals surface area contributed by atoms with Crippen LogP contribution < -0.4 is 5.32 Å². The van der Waals surface area contributed by atoms with Gasteiger partial charge < -0.3 is 9.73 Å². The number of hydrogen-bond acceptors (Lipinski definition) is 5. The molecule has 5 nitrogen and oxygen atoms in total. The molecule has 0 saturated heterocycles. The molecule has 0 aliphatic carbocycles. The Kier molecular flexibility index (Phi) is 5.07. The molecular weight excluding hydrogens is 319 g/mol. The van der Waals surface area contributed by atoms with Gasteiger partial charge in [-0.1, -0.05) is 24.8 Å². The number of aromatic nitrogens is 2. The summed E-state index contributed by atoms with van der Waals surface area (Å²) in [5, 5.41) is 10.1. The van der Waals surface area contributed by atoms with Crippen molar-refractivity contribution in [3.8, 4) is 0 Å². The average molecular weight is 331 g/mol. The van der Waals surface area contributed by atoms with Crippen LogP contribution in [0, 0.1) is 0 Å². The van der Waals surface area contributed by atoms with Crippen LogP contribution in [0.25, 0.3) is 0 Å². The van der Waals surface area contributed by atoms with Crippen molar-refractivity contribution in [3.63, 3.8) is 0 Å². The fourth-order valence-electron chi connectivity index (χ4n) is 1.54. The topological polar surface area (TPSA) is 68.0 Å². The molecular formula is C13H12F3N3O2S. The SMILES string of the molecule is CCc1nnc(SCC(=O)Nc2cccc(C(F)(F)F)c2)o1. The molecule has 1 N–H and O–H groups in total. The molecule has 0 atom stereocenters. The van der Waals surface area contributed by atoms with Crippen LogP contribution >= 0.6 is 11.8 Å². The van der Waals surface area contributed by atoms with Gasteiger partial charge in [0.2, 0.25) is 11.8 Å². The van der Waals surface area contributed by atoms with Crippen molar-refractivity contribution in [1.29, 1.82) is 0 Å². The molecule has 9 heteroatoms. The van der Waals surface area contributed by atoms with Gasteiger partial charge in [0.15, 0.2) is 0 Å². The minimum Gasteiger partial charge on any atom is -0.416 e. The van der Waals surface area contributed by atoms with E-state index < -0.39 is 17.6 Å². The van der Waals surface area contributed by atoms with Gasteiger partial charge in [0.1, 0.15) is 0 Å². The summed E-state index contributed by atoms with van der Waals surface area (Å²) >= 11 is 1.02. The number of hydrogen-bond donors (Lipinski definition) is 1. The summed E-state index contributed by atoms with van der Waals surface area (Å²) in [5.41, 5.74) is -0.734. The van der Waals surface area contributed by atoms with Gasteiger partial charge in [0.05, 0.1) is 11.3 Å². The van der Waals surface area contributed by atoms with Gasteiger partial charge in [0.25, 0.3) is 5.22 Å². The number of nitrogens with zero attached hydrogens (tertiary/aromatic N) is 2. The highest BCUT2D eigenvalue weighted by Crippen LogP contribution is 2.30. The van der Waals surface area contributed by atoms with Crippen LogP contribution in [0.15, 0.2) is 33.9 Å². The van der Waals surface area contributed by atoms with Crippen LogP contribution in [0.2, 0.25) is 0 Å². The number of benzene rings is 1. The molecule has 0 fully saturated rings. The van der Waals surface area contributed by atoms with E-state index in [1.54, 1.807) is 0 Å². The number of carbonyl (C=O) groups is 1. The van der Waals surface area contributed by atoms with Gasteiger partial charge in [-0.05, 0) is 18.2 Å². The molecule has 1 aromatic carbocycles. The highest BCUT2D eigenvalue weighted by atomic mass is 32.2. The van der Waals surface area contributed by atoms with Gasteiger partial charge in [-0.25, -0.2) is 0 Å². The number of thioether (sulfide) groups is 1. The number of carbonyl (C=O) groups excluding carboxylic acids is 1. The number of nitrogens with one attached hydrogen (secondary N) is 1. The summed E-state index contributed by atoms with van der Waals surface area (Å²) in [6.45, 7) is 1.85. The molecule has 0 bridgehead atoms. The van der Waals surface area contributed by atoms with Crippen molar-refractivity contribution in [2.75, 3.05) is 11.1 Å². The lowest BCUT2D eigenvalue weighted by atomic mass is 10.2. The molecule has 2 rings (SSSR count). The number of aryl methyl sites for hydroxylation is 1. The van der Waals surface area contributed by atoms with Gasteiger partial charge in [0, 0.05) is 12.1 Å². The van der Waals surface area contributed by atoms with Gasteiger partial charge in [-0.2, -0.15) is 13.2 Å². The third-order valence-electron chi connectivity index (χ3n) is 2.55. The summed E-state index contributed by atoms with van der Waals surface area (Å²) in [7, 11) is 0. The van der Waals surface area contributed by atoms with Gasteiger partial charge in [-0.15, -0.1) is 10.2 Å². The Morgan fingerprint density at radius 1 is 1.36 bits per heavy atom. The number of amides is 1. The molecule has 22 heavy (non-hydrogen) atoms. The van der Waals surface area contributed by atoms with E-state index in [1.165, 1.54) is 12.1 Å². The van der Waals surface area contributed by atoms with Crippen molar-refractivity contribution >= 4 is 23.4 Å². The van der Waals surface area contributed by atoms with Crippen LogP contribution in [-0.4, -0.2) is 21.9 Å². The standard InChI is InChI=1S/C13H12F3N3O2S/c1-2-11-18-19-12(21-11)22-7-10(20)17-9-5-3-4-8(6-9)13(14,15)16/h3-6H,2,7H2,1H3,(H,17,20). The molecule has 0 aliphatic heterocycles. The first kappa shape index (κ1) is 16.3. The maximum Gasteiger partial charge on any atom is 0.416 e. The van der Waals surface area contributed by atoms with Crippen LogP contribution in [0.3, 0.4) is 0 Å². The first-order chi connectivity index (χ1) is 10.4. The lowest BCUT2D eigenvalue weighted by Gasteiger charge is -2.09. The maximum absolute atomic E-state index is 12.6. The van der Waals surface area contributed by atoms with Crippen molar-refractivity contribution in [1.82, 2.24) is 10.2 Å². The van der Waals surface area contributed by atoms with E-state index in [2.05, 4.69) is 15.5 Å². The Labute approximate surface area is 128 Å². The van der Waals surface area contributed by atoms with Crippen LogP contribution in [0.1, 0.15) is 18.4 Å². The van der Waals surface area contributed by atoms with E-state index >= 15 is 0 Å². The van der Waals surface area contributed by atoms with Crippen LogP contribution in [0.5, 0.6) is 0 Å². The minimum absolute atomic E-state index is 0.0401. The number of rotatable bonds is 5. The average Bonchev–Trinajstić information content (AvgIpc) is 2.92. The van der Waals surface area contributed by atoms with E-state index in [0.29, 0.717) is 12.3 Å². The monoisotopic (exact) mass is 331 g/mol. The molecule has 0 unspecified atom stereocenters. The maximum atomic E-state index is 12.6. The Hall–Kier alpha value is -2.03. The van der Waals surface area contributed by atoms with Crippen LogP contribution in [0.4, 0.5) is 18.9 Å². The highest BCUT2D eigenvalue weighted by Gasteiger charge is 2.30. The quantitative estimate of drug-likeness (QED) is 0.851. The highest BCUT2D eigenvalue weighted by molar-refractivity contribution is 7.99. The number of anilines is 1. The molecule has 2 aromatic rings. The largest absolute Gasteiger partial charge is 0.416 e. The molecule has 1 amide bonds. The van der Waals surface area contributed by atoms with E-state index in [1.807, 2.05) is 6.92 Å². The summed E-state index contributed by atoms with van der Waals surface area (Å²) in [6.07, 6.45) is -3.86. The lowest BCUT2D eigenvalue weighted by molar-refractivity contribution is -0.137. The second kappa shape index (κ2) is 6.82. The zero-order chi connectivity index (χ0) is 16.2.